The Morgan fingerprint density at radius 3 is 2.67 bits per heavy atom. The van der Waals surface area contributed by atoms with Gasteiger partial charge in [-0.1, -0.05) is 12.1 Å². The molecule has 114 valence electrons. The summed E-state index contributed by atoms with van der Waals surface area (Å²) in [6, 6.07) is 7.07. The molecule has 1 aliphatic heterocycles. The number of hydrogen-bond acceptors (Lipinski definition) is 4. The molecule has 1 aromatic rings. The normalized spacial score (nSPS) is 21.6. The maximum absolute atomic E-state index is 12.1. The van der Waals surface area contributed by atoms with E-state index in [-0.39, 0.29) is 24.0 Å². The van der Waals surface area contributed by atoms with Gasteiger partial charge in [0.25, 0.3) is 0 Å². The van der Waals surface area contributed by atoms with Crippen molar-refractivity contribution in [3.63, 3.8) is 0 Å². The lowest BCUT2D eigenvalue weighted by Gasteiger charge is -2.29. The van der Waals surface area contributed by atoms with Gasteiger partial charge in [-0.15, -0.1) is 0 Å². The molecule has 0 aliphatic carbocycles. The van der Waals surface area contributed by atoms with Crippen LogP contribution in [0.15, 0.2) is 24.3 Å². The van der Waals surface area contributed by atoms with Crippen LogP contribution in [0.4, 0.5) is 5.69 Å². The minimum absolute atomic E-state index is 0.0619. The van der Waals surface area contributed by atoms with Crippen LogP contribution in [0.2, 0.25) is 0 Å². The van der Waals surface area contributed by atoms with Crippen molar-refractivity contribution in [3.05, 3.63) is 29.8 Å². The van der Waals surface area contributed by atoms with Crippen molar-refractivity contribution < 1.29 is 14.3 Å². The lowest BCUT2D eigenvalue weighted by molar-refractivity contribution is -0.129. The van der Waals surface area contributed by atoms with E-state index >= 15 is 0 Å². The predicted octanol–water partition coefficient (Wildman–Crippen LogP) is 0.638. The Morgan fingerprint density at radius 2 is 2.05 bits per heavy atom. The summed E-state index contributed by atoms with van der Waals surface area (Å²) in [5.74, 6) is -0.165. The Bertz CT molecular complexity index is 501. The van der Waals surface area contributed by atoms with Gasteiger partial charge in [0.2, 0.25) is 11.8 Å². The third-order valence-electron chi connectivity index (χ3n) is 3.34. The van der Waals surface area contributed by atoms with Crippen LogP contribution in [-0.2, 0) is 20.9 Å². The van der Waals surface area contributed by atoms with E-state index in [1.165, 1.54) is 6.92 Å². The highest BCUT2D eigenvalue weighted by atomic mass is 16.5. The monoisotopic (exact) mass is 291 g/mol. The summed E-state index contributed by atoms with van der Waals surface area (Å²) in [4.78, 5) is 23.0. The highest BCUT2D eigenvalue weighted by molar-refractivity contribution is 5.88. The number of morpholine rings is 1. The van der Waals surface area contributed by atoms with Crippen molar-refractivity contribution in [2.75, 3.05) is 18.5 Å². The van der Waals surface area contributed by atoms with Gasteiger partial charge in [0, 0.05) is 25.7 Å². The topological polar surface area (TPSA) is 79.5 Å². The number of carbonyl (C=O) groups excluding carboxylic acids is 2. The standard InChI is InChI=1S/C15H21N3O3/c1-10-14(16-7-8-21-10)15(20)17-9-12-3-5-13(6-4-12)18-11(2)19/h3-6,10,14,16H,7-9H2,1-2H3,(H,17,20)(H,18,19)/t10-,14+/m1/s1. The molecule has 1 heterocycles. The molecule has 3 N–H and O–H groups in total. The van der Waals surface area contributed by atoms with Gasteiger partial charge in [-0.2, -0.15) is 0 Å². The van der Waals surface area contributed by atoms with Crippen molar-refractivity contribution in [3.8, 4) is 0 Å². The lowest BCUT2D eigenvalue weighted by atomic mass is 10.1. The Kier molecular flexibility index (Phi) is 5.30. The molecule has 6 nitrogen and oxygen atoms in total. The molecule has 1 fully saturated rings. The zero-order valence-corrected chi connectivity index (χ0v) is 12.3. The molecule has 21 heavy (non-hydrogen) atoms. The van der Waals surface area contributed by atoms with E-state index in [2.05, 4.69) is 16.0 Å². The summed E-state index contributed by atoms with van der Waals surface area (Å²) < 4.78 is 5.45. The first-order valence-corrected chi connectivity index (χ1v) is 7.05. The van der Waals surface area contributed by atoms with Crippen molar-refractivity contribution in [2.24, 2.45) is 0 Å². The fourth-order valence-corrected chi connectivity index (χ4v) is 2.24. The summed E-state index contributed by atoms with van der Waals surface area (Å²) >= 11 is 0. The predicted molar refractivity (Wildman–Crippen MR) is 79.8 cm³/mol. The quantitative estimate of drug-likeness (QED) is 0.760. The number of amides is 2. The number of nitrogens with one attached hydrogen (secondary N) is 3. The smallest absolute Gasteiger partial charge is 0.240 e. The Morgan fingerprint density at radius 1 is 1.33 bits per heavy atom. The molecule has 0 saturated carbocycles. The molecule has 2 rings (SSSR count). The summed E-state index contributed by atoms with van der Waals surface area (Å²) in [7, 11) is 0. The van der Waals surface area contributed by atoms with Crippen LogP contribution in [0, 0.1) is 0 Å². The molecular weight excluding hydrogens is 270 g/mol. The Hall–Kier alpha value is -1.92. The molecule has 1 aliphatic rings. The molecule has 1 aromatic carbocycles. The maximum Gasteiger partial charge on any atom is 0.240 e. The second-order valence-corrected chi connectivity index (χ2v) is 5.10. The van der Waals surface area contributed by atoms with Crippen molar-refractivity contribution in [1.82, 2.24) is 10.6 Å². The first kappa shape index (κ1) is 15.5. The molecule has 0 aromatic heterocycles. The van der Waals surface area contributed by atoms with Crippen molar-refractivity contribution >= 4 is 17.5 Å². The van der Waals surface area contributed by atoms with Gasteiger partial charge >= 0.3 is 0 Å². The minimum atomic E-state index is -0.308. The van der Waals surface area contributed by atoms with Gasteiger partial charge in [0.15, 0.2) is 0 Å². The average Bonchev–Trinajstić information content (AvgIpc) is 2.46. The third-order valence-corrected chi connectivity index (χ3v) is 3.34. The third kappa shape index (κ3) is 4.54. The zero-order chi connectivity index (χ0) is 15.2. The minimum Gasteiger partial charge on any atom is -0.375 e. The van der Waals surface area contributed by atoms with E-state index in [1.54, 1.807) is 0 Å². The number of anilines is 1. The van der Waals surface area contributed by atoms with Gasteiger partial charge < -0.3 is 20.7 Å². The first-order valence-electron chi connectivity index (χ1n) is 7.05. The summed E-state index contributed by atoms with van der Waals surface area (Å²) in [6.07, 6.45) is -0.124. The van der Waals surface area contributed by atoms with Gasteiger partial charge in [0.1, 0.15) is 6.04 Å². The second-order valence-electron chi connectivity index (χ2n) is 5.10. The van der Waals surface area contributed by atoms with Gasteiger partial charge in [-0.25, -0.2) is 0 Å². The fraction of sp³-hybridized carbons (Fsp3) is 0.467. The number of carbonyl (C=O) groups is 2. The highest BCUT2D eigenvalue weighted by Gasteiger charge is 2.27. The van der Waals surface area contributed by atoms with Gasteiger partial charge in [-0.05, 0) is 24.6 Å². The van der Waals surface area contributed by atoms with Gasteiger partial charge in [0.05, 0.1) is 12.7 Å². The largest absolute Gasteiger partial charge is 0.375 e. The first-order chi connectivity index (χ1) is 10.1. The second kappa shape index (κ2) is 7.19. The van der Waals surface area contributed by atoms with Crippen molar-refractivity contribution in [2.45, 2.75) is 32.5 Å². The van der Waals surface area contributed by atoms with Gasteiger partial charge in [-0.3, -0.25) is 9.59 Å². The SMILES string of the molecule is CC(=O)Nc1ccc(CNC(=O)[C@H]2NCCO[C@@H]2C)cc1. The van der Waals surface area contributed by atoms with E-state index in [0.29, 0.717) is 19.7 Å². The molecule has 0 unspecified atom stereocenters. The Labute approximate surface area is 124 Å². The highest BCUT2D eigenvalue weighted by Crippen LogP contribution is 2.10. The van der Waals surface area contributed by atoms with Crippen LogP contribution in [-0.4, -0.2) is 37.1 Å². The van der Waals surface area contributed by atoms with Crippen LogP contribution in [0.3, 0.4) is 0 Å². The molecule has 1 saturated heterocycles. The van der Waals surface area contributed by atoms with E-state index in [4.69, 9.17) is 4.74 Å². The molecule has 0 bridgehead atoms. The number of hydrogen-bond donors (Lipinski definition) is 3. The summed E-state index contributed by atoms with van der Waals surface area (Å²) in [5, 5.41) is 8.74. The zero-order valence-electron chi connectivity index (χ0n) is 12.3. The van der Waals surface area contributed by atoms with Crippen LogP contribution < -0.4 is 16.0 Å². The van der Waals surface area contributed by atoms with E-state index < -0.39 is 0 Å². The molecule has 0 radical (unpaired) electrons. The number of ether oxygens (including phenoxy) is 1. The molecule has 6 heteroatoms. The molecule has 2 amide bonds. The van der Waals surface area contributed by atoms with Crippen LogP contribution in [0.1, 0.15) is 19.4 Å². The Balaban J connectivity index is 1.84. The van der Waals surface area contributed by atoms with Crippen LogP contribution in [0.5, 0.6) is 0 Å². The van der Waals surface area contributed by atoms with Crippen LogP contribution in [0.25, 0.3) is 0 Å². The van der Waals surface area contributed by atoms with Crippen LogP contribution >= 0.6 is 0 Å². The lowest BCUT2D eigenvalue weighted by Crippen LogP contribution is -2.55. The van der Waals surface area contributed by atoms with Crippen molar-refractivity contribution in [1.29, 1.82) is 0 Å². The van der Waals surface area contributed by atoms with E-state index in [9.17, 15) is 9.59 Å². The molecular formula is C15H21N3O3. The summed E-state index contributed by atoms with van der Waals surface area (Å²) in [5.41, 5.74) is 1.72. The summed E-state index contributed by atoms with van der Waals surface area (Å²) in [6.45, 7) is 5.13. The maximum atomic E-state index is 12.1. The number of rotatable bonds is 4. The fourth-order valence-electron chi connectivity index (χ4n) is 2.24. The van der Waals surface area contributed by atoms with E-state index in [0.717, 1.165) is 11.3 Å². The molecule has 0 spiro atoms. The number of benzene rings is 1. The van der Waals surface area contributed by atoms with E-state index in [1.807, 2.05) is 31.2 Å². The average molecular weight is 291 g/mol. The molecule has 2 atom stereocenters.